The minimum absolute atomic E-state index is 0.206. The smallest absolute Gasteiger partial charge is 0.306 e. The van der Waals surface area contributed by atoms with Crippen LogP contribution in [0.1, 0.15) is 136 Å². The summed E-state index contributed by atoms with van der Waals surface area (Å²) in [4.78, 5) is 25.2. The highest BCUT2D eigenvalue weighted by Crippen LogP contribution is 2.22. The summed E-state index contributed by atoms with van der Waals surface area (Å²) in [6, 6.07) is 0. The summed E-state index contributed by atoms with van der Waals surface area (Å²) in [5.74, 6) is -0.852. The molecule has 52 heavy (non-hydrogen) atoms. The molecule has 0 aliphatic carbocycles. The standard InChI is InChI=1S/C42H70O10/c1-3-5-7-9-11-13-15-17-18-19-21-22-24-26-28-30-37(44)49-33-35(34-50-42-41(48)40(47)39(46)36(32-43)52-42)51-38(45)31-29-27-25-23-20-16-14-12-10-8-6-4-2/h5-8,11-14,17-18,35-36,39-43,46-48H,3-4,9-10,15-16,19-34H2,1-2H3/b7-5+,8-6-,13-11+,14-12+,18-17-/t35-,36-,39+,40+,41-,42-/m1/s1. The summed E-state index contributed by atoms with van der Waals surface area (Å²) >= 11 is 0. The molecule has 10 nitrogen and oxygen atoms in total. The van der Waals surface area contributed by atoms with Crippen LogP contribution in [0.25, 0.3) is 0 Å². The van der Waals surface area contributed by atoms with Gasteiger partial charge in [-0.05, 0) is 70.6 Å². The van der Waals surface area contributed by atoms with Crippen LogP contribution in [0.15, 0.2) is 60.8 Å². The highest BCUT2D eigenvalue weighted by Gasteiger charge is 2.44. The Hall–Kier alpha value is -2.60. The van der Waals surface area contributed by atoms with Crippen molar-refractivity contribution in [3.05, 3.63) is 60.8 Å². The fourth-order valence-corrected chi connectivity index (χ4v) is 5.53. The predicted molar refractivity (Wildman–Crippen MR) is 205 cm³/mol. The van der Waals surface area contributed by atoms with Gasteiger partial charge in [-0.2, -0.15) is 0 Å². The van der Waals surface area contributed by atoms with Gasteiger partial charge in [0.2, 0.25) is 0 Å². The Morgan fingerprint density at radius 3 is 1.62 bits per heavy atom. The van der Waals surface area contributed by atoms with Crippen LogP contribution in [0.3, 0.4) is 0 Å². The van der Waals surface area contributed by atoms with Crippen LogP contribution in [0.4, 0.5) is 0 Å². The van der Waals surface area contributed by atoms with Gasteiger partial charge in [-0.3, -0.25) is 9.59 Å². The Kier molecular flexibility index (Phi) is 30.1. The lowest BCUT2D eigenvalue weighted by molar-refractivity contribution is -0.305. The molecule has 1 aliphatic heterocycles. The number of unbranched alkanes of at least 4 members (excludes halogenated alkanes) is 10. The summed E-state index contributed by atoms with van der Waals surface area (Å²) < 4.78 is 22.0. The number of carbonyl (C=O) groups excluding carboxylic acids is 2. The van der Waals surface area contributed by atoms with Crippen molar-refractivity contribution in [2.24, 2.45) is 0 Å². The third-order valence-electron chi connectivity index (χ3n) is 8.65. The monoisotopic (exact) mass is 734 g/mol. The summed E-state index contributed by atoms with van der Waals surface area (Å²) in [6.07, 6.45) is 30.9. The molecule has 0 unspecified atom stereocenters. The molecule has 0 aromatic rings. The summed E-state index contributed by atoms with van der Waals surface area (Å²) in [5.41, 5.74) is 0. The van der Waals surface area contributed by atoms with Gasteiger partial charge in [-0.15, -0.1) is 0 Å². The Labute approximate surface area is 313 Å². The molecule has 298 valence electrons. The summed E-state index contributed by atoms with van der Waals surface area (Å²) in [7, 11) is 0. The second kappa shape index (κ2) is 33.0. The maximum Gasteiger partial charge on any atom is 0.306 e. The largest absolute Gasteiger partial charge is 0.462 e. The molecule has 0 amide bonds. The Morgan fingerprint density at radius 2 is 1.08 bits per heavy atom. The molecule has 0 saturated carbocycles. The van der Waals surface area contributed by atoms with Gasteiger partial charge in [-0.1, -0.05) is 113 Å². The van der Waals surface area contributed by atoms with Crippen LogP contribution in [0, 0.1) is 0 Å². The summed E-state index contributed by atoms with van der Waals surface area (Å²) in [5, 5.41) is 39.9. The zero-order valence-corrected chi connectivity index (χ0v) is 32.0. The zero-order chi connectivity index (χ0) is 38.1. The molecule has 0 bridgehead atoms. The molecule has 0 aromatic carbocycles. The molecule has 1 aliphatic rings. The number of allylic oxidation sites excluding steroid dienone is 10. The molecule has 4 N–H and O–H groups in total. The maximum atomic E-state index is 12.7. The number of aliphatic hydroxyl groups excluding tert-OH is 4. The van der Waals surface area contributed by atoms with Gasteiger partial charge in [0.05, 0.1) is 13.2 Å². The summed E-state index contributed by atoms with van der Waals surface area (Å²) in [6.45, 7) is 3.14. The molecule has 0 aromatic heterocycles. The van der Waals surface area contributed by atoms with Gasteiger partial charge in [0.25, 0.3) is 0 Å². The first-order valence-corrected chi connectivity index (χ1v) is 19.9. The average Bonchev–Trinajstić information content (AvgIpc) is 3.14. The van der Waals surface area contributed by atoms with Gasteiger partial charge in [0.1, 0.15) is 31.0 Å². The lowest BCUT2D eigenvalue weighted by Crippen LogP contribution is -2.59. The van der Waals surface area contributed by atoms with E-state index in [-0.39, 0.29) is 26.1 Å². The first-order valence-electron chi connectivity index (χ1n) is 19.9. The molecule has 0 radical (unpaired) electrons. The van der Waals surface area contributed by atoms with E-state index < -0.39 is 55.4 Å². The topological polar surface area (TPSA) is 152 Å². The number of hydrogen-bond acceptors (Lipinski definition) is 10. The molecule has 1 heterocycles. The normalized spacial score (nSPS) is 21.7. The van der Waals surface area contributed by atoms with E-state index in [0.717, 1.165) is 96.3 Å². The fourth-order valence-electron chi connectivity index (χ4n) is 5.53. The van der Waals surface area contributed by atoms with Crippen molar-refractivity contribution in [2.75, 3.05) is 19.8 Å². The van der Waals surface area contributed by atoms with Crippen LogP contribution in [-0.4, -0.2) is 89.0 Å². The molecule has 1 rings (SSSR count). The number of rotatable bonds is 31. The highest BCUT2D eigenvalue weighted by atomic mass is 16.7. The number of ether oxygens (including phenoxy) is 4. The van der Waals surface area contributed by atoms with Crippen LogP contribution in [0.2, 0.25) is 0 Å². The maximum absolute atomic E-state index is 12.7. The Balaban J connectivity index is 2.40. The number of hydrogen-bond donors (Lipinski definition) is 4. The fraction of sp³-hybridized carbons (Fsp3) is 0.714. The molecular formula is C42H70O10. The van der Waals surface area contributed by atoms with E-state index in [0.29, 0.717) is 12.8 Å². The van der Waals surface area contributed by atoms with Crippen molar-refractivity contribution >= 4 is 11.9 Å². The second-order valence-corrected chi connectivity index (χ2v) is 13.3. The van der Waals surface area contributed by atoms with E-state index in [4.69, 9.17) is 18.9 Å². The first-order chi connectivity index (χ1) is 25.3. The van der Waals surface area contributed by atoms with Crippen LogP contribution in [0.5, 0.6) is 0 Å². The lowest BCUT2D eigenvalue weighted by atomic mass is 9.99. The lowest BCUT2D eigenvalue weighted by Gasteiger charge is -2.39. The number of esters is 2. The van der Waals surface area contributed by atoms with E-state index in [9.17, 15) is 30.0 Å². The van der Waals surface area contributed by atoms with Crippen LogP contribution < -0.4 is 0 Å². The zero-order valence-electron chi connectivity index (χ0n) is 32.0. The van der Waals surface area contributed by atoms with Gasteiger partial charge < -0.3 is 39.4 Å². The van der Waals surface area contributed by atoms with Crippen molar-refractivity contribution in [3.63, 3.8) is 0 Å². The number of aliphatic hydroxyl groups is 4. The van der Waals surface area contributed by atoms with Gasteiger partial charge in [-0.25, -0.2) is 0 Å². The first kappa shape index (κ1) is 47.4. The molecule has 10 heteroatoms. The van der Waals surface area contributed by atoms with Gasteiger partial charge in [0.15, 0.2) is 12.4 Å². The van der Waals surface area contributed by atoms with Crippen molar-refractivity contribution < 1.29 is 49.0 Å². The quantitative estimate of drug-likeness (QED) is 0.0320. The van der Waals surface area contributed by atoms with E-state index >= 15 is 0 Å². The predicted octanol–water partition coefficient (Wildman–Crippen LogP) is 7.49. The third-order valence-corrected chi connectivity index (χ3v) is 8.65. The Bertz CT molecular complexity index is 1030. The third kappa shape index (κ3) is 24.6. The highest BCUT2D eigenvalue weighted by molar-refractivity contribution is 5.70. The van der Waals surface area contributed by atoms with E-state index in [2.05, 4.69) is 74.6 Å². The number of carbonyl (C=O) groups is 2. The van der Waals surface area contributed by atoms with Gasteiger partial charge >= 0.3 is 11.9 Å². The van der Waals surface area contributed by atoms with Crippen LogP contribution >= 0.6 is 0 Å². The Morgan fingerprint density at radius 1 is 0.596 bits per heavy atom. The van der Waals surface area contributed by atoms with Crippen molar-refractivity contribution in [1.82, 2.24) is 0 Å². The molecule has 0 spiro atoms. The van der Waals surface area contributed by atoms with E-state index in [1.165, 1.54) is 0 Å². The van der Waals surface area contributed by atoms with Crippen molar-refractivity contribution in [3.8, 4) is 0 Å². The van der Waals surface area contributed by atoms with Gasteiger partial charge in [0, 0.05) is 12.8 Å². The van der Waals surface area contributed by atoms with Crippen LogP contribution in [-0.2, 0) is 28.5 Å². The molecule has 1 saturated heterocycles. The molecule has 6 atom stereocenters. The SMILES string of the molecule is CC/C=C\C/C=C/CCCCCCCC(=O)O[C@H](COC(=O)CCCCCCC/C=C\C/C=C/C/C=C/CC)CO[C@@H]1O[C@H](CO)[C@H](O)[C@H](O)[C@H]1O. The minimum atomic E-state index is -1.60. The second-order valence-electron chi connectivity index (χ2n) is 13.3. The van der Waals surface area contributed by atoms with Crippen molar-refractivity contribution in [1.29, 1.82) is 0 Å². The molecule has 1 fully saturated rings. The van der Waals surface area contributed by atoms with Crippen molar-refractivity contribution in [2.45, 2.75) is 173 Å². The van der Waals surface area contributed by atoms with E-state index in [1.807, 2.05) is 0 Å². The van der Waals surface area contributed by atoms with E-state index in [1.54, 1.807) is 0 Å². The average molecular weight is 735 g/mol. The minimum Gasteiger partial charge on any atom is -0.462 e. The molecular weight excluding hydrogens is 664 g/mol.